The molecule has 16 aromatic carbocycles. The normalized spacial score (nSPS) is 13.2. The number of hydrogen-bond donors (Lipinski definition) is 0. The van der Waals surface area contributed by atoms with Crippen LogP contribution >= 0.6 is 23.5 Å². The lowest BCUT2D eigenvalue weighted by molar-refractivity contribution is 0.723. The first-order chi connectivity index (χ1) is 55.5. The molecular weight excluding hydrogens is 1400 g/mol. The lowest BCUT2D eigenvalue weighted by Gasteiger charge is -2.40. The van der Waals surface area contributed by atoms with Crippen molar-refractivity contribution in [3.63, 3.8) is 0 Å². The predicted molar refractivity (Wildman–Crippen MR) is 456 cm³/mol. The topological polar surface area (TPSA) is 77.3 Å². The minimum absolute atomic E-state index is 0.493. The molecule has 8 heteroatoms. The molecule has 6 nitrogen and oxygen atoms in total. The van der Waals surface area contributed by atoms with Crippen molar-refractivity contribution in [2.45, 2.75) is 30.4 Å². The molecule has 22 rings (SSSR count). The first kappa shape index (κ1) is 65.3. The summed E-state index contributed by atoms with van der Waals surface area (Å²) in [5, 5.41) is 0. The van der Waals surface area contributed by atoms with Crippen LogP contribution in [0.5, 0.6) is 0 Å². The van der Waals surface area contributed by atoms with Crippen molar-refractivity contribution in [1.82, 2.24) is 29.9 Å². The molecule has 0 bridgehead atoms. The number of aromatic nitrogens is 6. The lowest BCUT2D eigenvalue weighted by Crippen LogP contribution is -2.32. The predicted octanol–water partition coefficient (Wildman–Crippen LogP) is 26.0. The van der Waals surface area contributed by atoms with E-state index in [0.29, 0.717) is 34.9 Å². The summed E-state index contributed by atoms with van der Waals surface area (Å²) in [4.78, 5) is 36.7. The van der Waals surface area contributed by atoms with E-state index < -0.39 is 10.8 Å². The van der Waals surface area contributed by atoms with E-state index in [0.717, 1.165) is 89.0 Å². The maximum absolute atomic E-state index is 5.47. The van der Waals surface area contributed by atoms with Gasteiger partial charge in [0.25, 0.3) is 0 Å². The van der Waals surface area contributed by atoms with Crippen molar-refractivity contribution in [1.29, 1.82) is 0 Å². The second-order valence-corrected chi connectivity index (χ2v) is 31.2. The van der Waals surface area contributed by atoms with Crippen LogP contribution in [0.2, 0.25) is 0 Å². The highest BCUT2D eigenvalue weighted by atomic mass is 32.2. The number of rotatable bonds is 11. The van der Waals surface area contributed by atoms with Crippen molar-refractivity contribution < 1.29 is 0 Å². The maximum atomic E-state index is 5.47. The minimum Gasteiger partial charge on any atom is -0.208 e. The van der Waals surface area contributed by atoms with Gasteiger partial charge in [-0.2, -0.15) is 0 Å². The van der Waals surface area contributed by atoms with Crippen molar-refractivity contribution in [3.8, 4) is 146 Å². The molecule has 0 N–H and O–H groups in total. The molecular formula is C104H64N6S2. The Labute approximate surface area is 658 Å². The molecule has 2 spiro atoms. The third-order valence-corrected chi connectivity index (χ3v) is 25.3. The van der Waals surface area contributed by atoms with E-state index in [1.54, 1.807) is 0 Å². The standard InChI is InChI=1S/C104H64N6S2/c1-4-28-65(29-5-1)97-106-100(108-101(107-97)74-37-27-35-70(61-74)75-38-10-11-39-76(75)71-55-58-95-91(63-71)103(89-52-24-25-53-93(89)111-95)85-48-20-16-43-80(85)81-44-17-21-49-86(81)103)73-36-26-34-68(60-73)69-54-57-94-90(62-69)104(87-50-22-18-45-82(87)83-46-19-23-51-88(83)104)92-64-72(56-59-96(92)112-94)77-40-12-13-41-78(77)79-42-14-15-47-84(79)102-109-98(66-30-6-2-7-31-66)105-99(110-102)67-32-8-3-9-33-67/h1-64H. The summed E-state index contributed by atoms with van der Waals surface area (Å²) in [7, 11) is 0. The van der Waals surface area contributed by atoms with Gasteiger partial charge < -0.3 is 0 Å². The highest BCUT2D eigenvalue weighted by Gasteiger charge is 2.52. The van der Waals surface area contributed by atoms with Crippen LogP contribution < -0.4 is 0 Å². The second kappa shape index (κ2) is 26.5. The van der Waals surface area contributed by atoms with Gasteiger partial charge in [-0.1, -0.05) is 357 Å². The van der Waals surface area contributed by atoms with Crippen molar-refractivity contribution in [2.75, 3.05) is 0 Å². The molecule has 0 saturated carbocycles. The van der Waals surface area contributed by atoms with E-state index in [9.17, 15) is 0 Å². The zero-order valence-electron chi connectivity index (χ0n) is 60.5. The smallest absolute Gasteiger partial charge is 0.164 e. The van der Waals surface area contributed by atoms with Gasteiger partial charge in [0, 0.05) is 53.0 Å². The van der Waals surface area contributed by atoms with Crippen LogP contribution in [0, 0.1) is 0 Å². The van der Waals surface area contributed by atoms with Crippen LogP contribution in [0.25, 0.3) is 146 Å². The molecule has 18 aromatic rings. The summed E-state index contributed by atoms with van der Waals surface area (Å²) in [6.07, 6.45) is 0. The van der Waals surface area contributed by atoms with Gasteiger partial charge in [-0.05, 0) is 177 Å². The lowest BCUT2D eigenvalue weighted by atomic mass is 9.66. The second-order valence-electron chi connectivity index (χ2n) is 29.0. The zero-order valence-corrected chi connectivity index (χ0v) is 62.1. The SMILES string of the molecule is c1ccc(-c2nc(-c3cccc(-c4ccc5c(c4)C4(c6cc(-c7ccccc7-c7ccccc7-c7nc(-c8ccccc8)nc(-c8ccccc8)n7)ccc6S5)c5ccccc5-c5ccccc54)c3)nc(-c3cccc(-c4ccccc4-c4ccc5c(c4)C4(c6ccccc6S5)c5ccccc5-c5ccccc54)c3)n2)cc1. The Balaban J connectivity index is 0.645. The Morgan fingerprint density at radius 1 is 0.143 bits per heavy atom. The summed E-state index contributed by atoms with van der Waals surface area (Å²) in [6, 6.07) is 141. The Hall–Kier alpha value is -13.8. The van der Waals surface area contributed by atoms with Crippen LogP contribution in [0.4, 0.5) is 0 Å². The molecule has 112 heavy (non-hydrogen) atoms. The monoisotopic (exact) mass is 1460 g/mol. The molecule has 2 aliphatic heterocycles. The van der Waals surface area contributed by atoms with Crippen LogP contribution in [-0.4, -0.2) is 29.9 Å². The summed E-state index contributed by atoms with van der Waals surface area (Å²) >= 11 is 3.72. The Bertz CT molecular complexity index is 6710. The Morgan fingerprint density at radius 3 is 0.830 bits per heavy atom. The summed E-state index contributed by atoms with van der Waals surface area (Å²) in [5.41, 5.74) is 30.5. The maximum Gasteiger partial charge on any atom is 0.164 e. The average Bonchev–Trinajstić information content (AvgIpc) is 1.52. The summed E-state index contributed by atoms with van der Waals surface area (Å²) in [5.74, 6) is 3.62. The molecule has 2 aliphatic carbocycles. The van der Waals surface area contributed by atoms with Crippen LogP contribution in [0.3, 0.4) is 0 Å². The summed E-state index contributed by atoms with van der Waals surface area (Å²) < 4.78 is 0. The van der Waals surface area contributed by atoms with Crippen LogP contribution in [0.15, 0.2) is 408 Å². The molecule has 0 unspecified atom stereocenters. The third kappa shape index (κ3) is 10.4. The van der Waals surface area contributed by atoms with Crippen LogP contribution in [0.1, 0.15) is 44.5 Å². The van der Waals surface area contributed by atoms with E-state index in [4.69, 9.17) is 29.9 Å². The quantitative estimate of drug-likeness (QED) is 0.127. The molecule has 0 fully saturated rings. The molecule has 0 radical (unpaired) electrons. The van der Waals surface area contributed by atoms with Gasteiger partial charge in [0.1, 0.15) is 0 Å². The first-order valence-electron chi connectivity index (χ1n) is 38.0. The van der Waals surface area contributed by atoms with E-state index in [1.165, 1.54) is 86.3 Å². The molecule has 2 aromatic heterocycles. The van der Waals surface area contributed by atoms with E-state index in [2.05, 4.69) is 334 Å². The Kier molecular flexibility index (Phi) is 15.5. The van der Waals surface area contributed by atoms with E-state index in [1.807, 2.05) is 78.1 Å². The first-order valence-corrected chi connectivity index (χ1v) is 39.6. The molecule has 0 atom stereocenters. The molecule has 4 heterocycles. The molecule has 0 saturated heterocycles. The number of benzene rings is 16. The third-order valence-electron chi connectivity index (χ3n) is 23.0. The zero-order chi connectivity index (χ0) is 73.9. The minimum atomic E-state index is -0.695. The molecule has 522 valence electrons. The van der Waals surface area contributed by atoms with E-state index >= 15 is 0 Å². The number of hydrogen-bond acceptors (Lipinski definition) is 8. The van der Waals surface area contributed by atoms with Gasteiger partial charge in [-0.15, -0.1) is 0 Å². The van der Waals surface area contributed by atoms with Crippen LogP contribution in [-0.2, 0) is 10.8 Å². The number of nitrogens with zero attached hydrogens (tertiary/aromatic N) is 6. The average molecular weight is 1460 g/mol. The fourth-order valence-electron chi connectivity index (χ4n) is 18.1. The summed E-state index contributed by atoms with van der Waals surface area (Å²) in [6.45, 7) is 0. The highest BCUT2D eigenvalue weighted by Crippen LogP contribution is 2.65. The van der Waals surface area contributed by atoms with Crippen molar-refractivity contribution >= 4 is 23.5 Å². The highest BCUT2D eigenvalue weighted by molar-refractivity contribution is 7.99. The fraction of sp³-hybridized carbons (Fsp3) is 0.0192. The van der Waals surface area contributed by atoms with Gasteiger partial charge in [0.15, 0.2) is 34.9 Å². The van der Waals surface area contributed by atoms with Gasteiger partial charge in [0.2, 0.25) is 0 Å². The van der Waals surface area contributed by atoms with Crippen molar-refractivity contribution in [2.24, 2.45) is 0 Å². The largest absolute Gasteiger partial charge is 0.208 e. The fourth-order valence-corrected chi connectivity index (χ4v) is 20.4. The van der Waals surface area contributed by atoms with Gasteiger partial charge in [-0.25, -0.2) is 29.9 Å². The van der Waals surface area contributed by atoms with Crippen molar-refractivity contribution in [3.05, 3.63) is 433 Å². The number of fused-ring (bicyclic) bond motifs is 18. The van der Waals surface area contributed by atoms with Gasteiger partial charge >= 0.3 is 0 Å². The van der Waals surface area contributed by atoms with E-state index in [-0.39, 0.29) is 0 Å². The van der Waals surface area contributed by atoms with Gasteiger partial charge in [0.05, 0.1) is 10.8 Å². The van der Waals surface area contributed by atoms with Gasteiger partial charge in [-0.3, -0.25) is 0 Å². The Morgan fingerprint density at radius 2 is 0.393 bits per heavy atom. The molecule has 4 aliphatic rings. The molecule has 0 amide bonds.